The number of amides is 1. The molecule has 3 N–H and O–H groups in total. The normalized spacial score (nSPS) is 15.8. The smallest absolute Gasteiger partial charge is 0.255 e. The molecule has 0 spiro atoms. The standard InChI is InChI=1S/C15H22N2O3/c1-2-20-14-12(4-3-5-13(14)16)15(18)17-10-11-6-8-19-9-7-11/h3-5,11H,2,6-10,16H2,1H3,(H,17,18). The summed E-state index contributed by atoms with van der Waals surface area (Å²) in [7, 11) is 0. The third-order valence-corrected chi connectivity index (χ3v) is 3.47. The van der Waals surface area contributed by atoms with E-state index in [1.54, 1.807) is 18.2 Å². The summed E-state index contributed by atoms with van der Waals surface area (Å²) < 4.78 is 10.8. The van der Waals surface area contributed by atoms with Gasteiger partial charge in [0.1, 0.15) is 0 Å². The molecule has 1 heterocycles. The van der Waals surface area contributed by atoms with Gasteiger partial charge in [-0.2, -0.15) is 0 Å². The maximum atomic E-state index is 12.3. The molecule has 1 fully saturated rings. The van der Waals surface area contributed by atoms with Gasteiger partial charge in [-0.1, -0.05) is 6.07 Å². The number of nitrogen functional groups attached to an aromatic ring is 1. The second kappa shape index (κ2) is 7.14. The van der Waals surface area contributed by atoms with Crippen LogP contribution < -0.4 is 15.8 Å². The van der Waals surface area contributed by atoms with Gasteiger partial charge in [-0.05, 0) is 37.8 Å². The highest BCUT2D eigenvalue weighted by Gasteiger charge is 2.18. The molecule has 0 atom stereocenters. The molecule has 0 radical (unpaired) electrons. The lowest BCUT2D eigenvalue weighted by atomic mass is 10.0. The van der Waals surface area contributed by atoms with Crippen LogP contribution in [0.2, 0.25) is 0 Å². The van der Waals surface area contributed by atoms with Crippen LogP contribution in [0.15, 0.2) is 18.2 Å². The van der Waals surface area contributed by atoms with E-state index in [1.807, 2.05) is 6.92 Å². The van der Waals surface area contributed by atoms with Crippen molar-refractivity contribution in [1.29, 1.82) is 0 Å². The number of benzene rings is 1. The number of hydrogen-bond acceptors (Lipinski definition) is 4. The van der Waals surface area contributed by atoms with Gasteiger partial charge in [0, 0.05) is 19.8 Å². The number of carbonyl (C=O) groups excluding carboxylic acids is 1. The van der Waals surface area contributed by atoms with Crippen molar-refractivity contribution in [1.82, 2.24) is 5.32 Å². The molecule has 0 aliphatic carbocycles. The number of nitrogens with one attached hydrogen (secondary N) is 1. The molecule has 0 aromatic heterocycles. The number of ether oxygens (including phenoxy) is 2. The van der Waals surface area contributed by atoms with Crippen LogP contribution in [0.25, 0.3) is 0 Å². The Balaban J connectivity index is 1.99. The fourth-order valence-corrected chi connectivity index (χ4v) is 2.32. The monoisotopic (exact) mass is 278 g/mol. The fourth-order valence-electron chi connectivity index (χ4n) is 2.32. The van der Waals surface area contributed by atoms with E-state index in [1.165, 1.54) is 0 Å². The lowest BCUT2D eigenvalue weighted by Crippen LogP contribution is -2.32. The number of hydrogen-bond donors (Lipinski definition) is 2. The van der Waals surface area contributed by atoms with E-state index < -0.39 is 0 Å². The van der Waals surface area contributed by atoms with Gasteiger partial charge >= 0.3 is 0 Å². The Bertz CT molecular complexity index is 456. The minimum absolute atomic E-state index is 0.132. The van der Waals surface area contributed by atoms with Gasteiger partial charge in [0.05, 0.1) is 17.9 Å². The van der Waals surface area contributed by atoms with Gasteiger partial charge in [0.2, 0.25) is 0 Å². The molecule has 0 bridgehead atoms. The summed E-state index contributed by atoms with van der Waals surface area (Å²) >= 11 is 0. The summed E-state index contributed by atoms with van der Waals surface area (Å²) in [5.74, 6) is 0.830. The Morgan fingerprint density at radius 3 is 2.90 bits per heavy atom. The summed E-state index contributed by atoms with van der Waals surface area (Å²) in [5, 5.41) is 2.96. The molecule has 1 aliphatic heterocycles. The van der Waals surface area contributed by atoms with Crippen molar-refractivity contribution in [3.63, 3.8) is 0 Å². The maximum Gasteiger partial charge on any atom is 0.255 e. The summed E-state index contributed by atoms with van der Waals surface area (Å²) in [6.07, 6.45) is 1.99. The number of nitrogens with two attached hydrogens (primary N) is 1. The van der Waals surface area contributed by atoms with E-state index in [0.717, 1.165) is 26.1 Å². The van der Waals surface area contributed by atoms with Gasteiger partial charge in [-0.15, -0.1) is 0 Å². The molecule has 1 aromatic carbocycles. The quantitative estimate of drug-likeness (QED) is 0.806. The number of rotatable bonds is 5. The molecule has 110 valence electrons. The van der Waals surface area contributed by atoms with Crippen LogP contribution in [0, 0.1) is 5.92 Å². The Labute approximate surface area is 119 Å². The van der Waals surface area contributed by atoms with Gasteiger partial charge in [-0.3, -0.25) is 4.79 Å². The van der Waals surface area contributed by atoms with Crippen molar-refractivity contribution in [2.75, 3.05) is 32.1 Å². The zero-order valence-electron chi connectivity index (χ0n) is 11.9. The molecule has 1 aliphatic rings. The highest BCUT2D eigenvalue weighted by molar-refractivity contribution is 5.98. The SMILES string of the molecule is CCOc1c(N)cccc1C(=O)NCC1CCOCC1. The van der Waals surface area contributed by atoms with Crippen LogP contribution in [0.4, 0.5) is 5.69 Å². The number of carbonyl (C=O) groups is 1. The largest absolute Gasteiger partial charge is 0.491 e. The van der Waals surface area contributed by atoms with E-state index in [4.69, 9.17) is 15.2 Å². The molecule has 2 rings (SSSR count). The van der Waals surface area contributed by atoms with Gasteiger partial charge in [0.25, 0.3) is 5.91 Å². The first-order chi connectivity index (χ1) is 9.72. The van der Waals surface area contributed by atoms with Crippen molar-refractivity contribution in [2.24, 2.45) is 5.92 Å². The van der Waals surface area contributed by atoms with Crippen molar-refractivity contribution in [3.05, 3.63) is 23.8 Å². The minimum atomic E-state index is -0.132. The zero-order valence-corrected chi connectivity index (χ0v) is 11.9. The summed E-state index contributed by atoms with van der Waals surface area (Å²) in [6.45, 7) is 4.58. The maximum absolute atomic E-state index is 12.3. The lowest BCUT2D eigenvalue weighted by molar-refractivity contribution is 0.0642. The van der Waals surface area contributed by atoms with Gasteiger partial charge < -0.3 is 20.5 Å². The molecule has 0 saturated carbocycles. The van der Waals surface area contributed by atoms with Crippen LogP contribution in [0.3, 0.4) is 0 Å². The first kappa shape index (κ1) is 14.7. The Kier molecular flexibility index (Phi) is 5.24. The molecule has 1 saturated heterocycles. The average Bonchev–Trinajstić information content (AvgIpc) is 2.48. The van der Waals surface area contributed by atoms with Crippen LogP contribution in [0.5, 0.6) is 5.75 Å². The Hall–Kier alpha value is -1.75. The van der Waals surface area contributed by atoms with Gasteiger partial charge in [0.15, 0.2) is 5.75 Å². The van der Waals surface area contributed by atoms with E-state index in [2.05, 4.69) is 5.32 Å². The van der Waals surface area contributed by atoms with Crippen molar-refractivity contribution in [3.8, 4) is 5.75 Å². The van der Waals surface area contributed by atoms with E-state index in [-0.39, 0.29) is 5.91 Å². The predicted molar refractivity (Wildman–Crippen MR) is 77.9 cm³/mol. The summed E-state index contributed by atoms with van der Waals surface area (Å²) in [4.78, 5) is 12.3. The van der Waals surface area contributed by atoms with Gasteiger partial charge in [-0.25, -0.2) is 0 Å². The Morgan fingerprint density at radius 1 is 1.45 bits per heavy atom. The third-order valence-electron chi connectivity index (χ3n) is 3.47. The van der Waals surface area contributed by atoms with Crippen molar-refractivity contribution >= 4 is 11.6 Å². The highest BCUT2D eigenvalue weighted by atomic mass is 16.5. The van der Waals surface area contributed by atoms with E-state index in [0.29, 0.717) is 36.1 Å². The zero-order chi connectivity index (χ0) is 14.4. The Morgan fingerprint density at radius 2 is 2.20 bits per heavy atom. The molecule has 1 aromatic rings. The van der Waals surface area contributed by atoms with Crippen molar-refractivity contribution in [2.45, 2.75) is 19.8 Å². The molecular weight excluding hydrogens is 256 g/mol. The fraction of sp³-hybridized carbons (Fsp3) is 0.533. The first-order valence-corrected chi connectivity index (χ1v) is 7.09. The number of para-hydroxylation sites is 1. The molecule has 20 heavy (non-hydrogen) atoms. The third kappa shape index (κ3) is 3.63. The lowest BCUT2D eigenvalue weighted by Gasteiger charge is -2.22. The van der Waals surface area contributed by atoms with E-state index >= 15 is 0 Å². The highest BCUT2D eigenvalue weighted by Crippen LogP contribution is 2.26. The van der Waals surface area contributed by atoms with Crippen molar-refractivity contribution < 1.29 is 14.3 Å². The topological polar surface area (TPSA) is 73.6 Å². The van der Waals surface area contributed by atoms with Crippen LogP contribution in [-0.4, -0.2) is 32.3 Å². The second-order valence-electron chi connectivity index (χ2n) is 4.92. The molecule has 5 nitrogen and oxygen atoms in total. The minimum Gasteiger partial charge on any atom is -0.491 e. The summed E-state index contributed by atoms with van der Waals surface area (Å²) in [6, 6.07) is 5.24. The predicted octanol–water partition coefficient (Wildman–Crippen LogP) is 1.82. The molecule has 1 amide bonds. The van der Waals surface area contributed by atoms with E-state index in [9.17, 15) is 4.79 Å². The number of anilines is 1. The first-order valence-electron chi connectivity index (χ1n) is 7.09. The second-order valence-corrected chi connectivity index (χ2v) is 4.92. The van der Waals surface area contributed by atoms with Crippen LogP contribution in [0.1, 0.15) is 30.1 Å². The molecule has 0 unspecified atom stereocenters. The van der Waals surface area contributed by atoms with Crippen LogP contribution in [-0.2, 0) is 4.74 Å². The van der Waals surface area contributed by atoms with Crippen LogP contribution >= 0.6 is 0 Å². The summed E-state index contributed by atoms with van der Waals surface area (Å²) in [5.41, 5.74) is 6.85. The molecule has 5 heteroatoms. The molecular formula is C15H22N2O3. The average molecular weight is 278 g/mol.